The first-order chi connectivity index (χ1) is 11.6. The predicted molar refractivity (Wildman–Crippen MR) is 82.6 cm³/mol. The maximum absolute atomic E-state index is 12.9. The summed E-state index contributed by atoms with van der Waals surface area (Å²) in [4.78, 5) is 40.6. The lowest BCUT2D eigenvalue weighted by molar-refractivity contribution is -0.161. The van der Waals surface area contributed by atoms with Crippen molar-refractivity contribution in [3.8, 4) is 12.3 Å². The molecule has 8 heteroatoms. The molecule has 4 unspecified atom stereocenters. The lowest BCUT2D eigenvalue weighted by atomic mass is 10.0. The number of carbonyl (C=O) groups excluding carboxylic acids is 3. The van der Waals surface area contributed by atoms with Crippen LogP contribution in [0, 0.1) is 12.3 Å². The van der Waals surface area contributed by atoms with Crippen molar-refractivity contribution in [1.29, 1.82) is 0 Å². The largest absolute Gasteiger partial charge is 0.375 e. The van der Waals surface area contributed by atoms with Crippen LogP contribution >= 0.6 is 0 Å². The smallest absolute Gasteiger partial charge is 0.248 e. The molecule has 0 saturated carbocycles. The molecule has 3 fully saturated rings. The molecule has 3 saturated heterocycles. The number of fused-ring (bicyclic) bond motifs is 2. The minimum atomic E-state index is -0.638. The van der Waals surface area contributed by atoms with Crippen molar-refractivity contribution in [2.24, 2.45) is 0 Å². The second-order valence-electron chi connectivity index (χ2n) is 6.19. The Kier molecular flexibility index (Phi) is 4.73. The zero-order chi connectivity index (χ0) is 17.3. The first kappa shape index (κ1) is 16.7. The molecule has 130 valence electrons. The highest BCUT2D eigenvalue weighted by Gasteiger charge is 2.56. The minimum Gasteiger partial charge on any atom is -0.375 e. The fourth-order valence-electron chi connectivity index (χ4n) is 3.85. The van der Waals surface area contributed by atoms with Gasteiger partial charge in [-0.05, 0) is 12.8 Å². The lowest BCUT2D eigenvalue weighted by Crippen LogP contribution is -2.66. The summed E-state index contributed by atoms with van der Waals surface area (Å²) in [5.41, 5.74) is 0. The van der Waals surface area contributed by atoms with Crippen LogP contribution in [0.4, 0.5) is 0 Å². The molecule has 4 atom stereocenters. The van der Waals surface area contributed by atoms with Crippen molar-refractivity contribution in [2.45, 2.75) is 37.1 Å². The number of terminal acetylenes is 1. The quantitative estimate of drug-likeness (QED) is 0.608. The van der Waals surface area contributed by atoms with Crippen LogP contribution in [0.2, 0.25) is 0 Å². The Hall–Kier alpha value is -2.11. The third-order valence-corrected chi connectivity index (χ3v) is 4.82. The molecule has 0 spiro atoms. The van der Waals surface area contributed by atoms with E-state index in [0.717, 1.165) is 0 Å². The molecule has 8 nitrogen and oxygen atoms in total. The van der Waals surface area contributed by atoms with Gasteiger partial charge in [0.2, 0.25) is 17.7 Å². The summed E-state index contributed by atoms with van der Waals surface area (Å²) in [6.45, 7) is 0.961. The van der Waals surface area contributed by atoms with E-state index in [4.69, 9.17) is 15.9 Å². The lowest BCUT2D eigenvalue weighted by Gasteiger charge is -2.41. The van der Waals surface area contributed by atoms with Gasteiger partial charge >= 0.3 is 0 Å². The Morgan fingerprint density at radius 2 is 1.92 bits per heavy atom. The van der Waals surface area contributed by atoms with Crippen molar-refractivity contribution in [3.05, 3.63) is 0 Å². The number of hydrogen-bond acceptors (Lipinski definition) is 5. The zero-order valence-corrected chi connectivity index (χ0v) is 13.6. The molecule has 3 rings (SSSR count). The van der Waals surface area contributed by atoms with Crippen LogP contribution < -0.4 is 5.32 Å². The number of methoxy groups -OCH3 is 1. The number of hydrogen-bond donors (Lipinski definition) is 1. The molecule has 0 radical (unpaired) electrons. The minimum absolute atomic E-state index is 0.0697. The third-order valence-electron chi connectivity index (χ3n) is 4.82. The SMILES string of the molecule is C#CCOC1CCN2C(=O)C3C(NC(=O)COC)CCN3C(=O)C12. The van der Waals surface area contributed by atoms with Crippen molar-refractivity contribution >= 4 is 17.7 Å². The summed E-state index contributed by atoms with van der Waals surface area (Å²) >= 11 is 0. The fraction of sp³-hybridized carbons (Fsp3) is 0.688. The van der Waals surface area contributed by atoms with E-state index in [-0.39, 0.29) is 43.1 Å². The van der Waals surface area contributed by atoms with Gasteiger partial charge in [0, 0.05) is 20.2 Å². The Balaban J connectivity index is 1.75. The van der Waals surface area contributed by atoms with Gasteiger partial charge in [0.05, 0.1) is 12.1 Å². The van der Waals surface area contributed by atoms with E-state index in [0.29, 0.717) is 25.9 Å². The summed E-state index contributed by atoms with van der Waals surface area (Å²) < 4.78 is 10.3. The van der Waals surface area contributed by atoms with Gasteiger partial charge in [-0.3, -0.25) is 14.4 Å². The first-order valence-corrected chi connectivity index (χ1v) is 8.02. The highest BCUT2D eigenvalue weighted by Crippen LogP contribution is 2.33. The second-order valence-corrected chi connectivity index (χ2v) is 6.19. The van der Waals surface area contributed by atoms with Crippen LogP contribution in [0.25, 0.3) is 0 Å². The molecular formula is C16H21N3O5. The molecule has 0 bridgehead atoms. The number of ether oxygens (including phenoxy) is 2. The molecule has 3 heterocycles. The van der Waals surface area contributed by atoms with E-state index in [1.807, 2.05) is 0 Å². The number of rotatable bonds is 5. The monoisotopic (exact) mass is 335 g/mol. The van der Waals surface area contributed by atoms with Crippen molar-refractivity contribution in [2.75, 3.05) is 33.4 Å². The van der Waals surface area contributed by atoms with E-state index in [1.165, 1.54) is 7.11 Å². The highest BCUT2D eigenvalue weighted by molar-refractivity contribution is 5.99. The Morgan fingerprint density at radius 3 is 2.62 bits per heavy atom. The summed E-state index contributed by atoms with van der Waals surface area (Å²) in [5.74, 6) is 1.85. The molecule has 0 aromatic heterocycles. The summed E-state index contributed by atoms with van der Waals surface area (Å²) in [6, 6.07) is -1.62. The summed E-state index contributed by atoms with van der Waals surface area (Å²) in [7, 11) is 1.43. The van der Waals surface area contributed by atoms with E-state index < -0.39 is 12.1 Å². The Bertz CT molecular complexity index is 587. The molecule has 3 aliphatic heterocycles. The predicted octanol–water partition coefficient (Wildman–Crippen LogP) is -1.65. The summed E-state index contributed by atoms with van der Waals surface area (Å²) in [6.07, 6.45) is 5.99. The van der Waals surface area contributed by atoms with Gasteiger partial charge in [-0.25, -0.2) is 0 Å². The molecular weight excluding hydrogens is 314 g/mol. The summed E-state index contributed by atoms with van der Waals surface area (Å²) in [5, 5.41) is 2.79. The molecule has 3 aliphatic rings. The van der Waals surface area contributed by atoms with Gasteiger partial charge < -0.3 is 24.6 Å². The maximum Gasteiger partial charge on any atom is 0.248 e. The fourth-order valence-corrected chi connectivity index (χ4v) is 3.85. The molecule has 24 heavy (non-hydrogen) atoms. The third kappa shape index (κ3) is 2.74. The first-order valence-electron chi connectivity index (χ1n) is 8.02. The number of piperazine rings is 1. The topological polar surface area (TPSA) is 88.2 Å². The van der Waals surface area contributed by atoms with Gasteiger partial charge in [-0.2, -0.15) is 0 Å². The maximum atomic E-state index is 12.9. The van der Waals surface area contributed by atoms with Crippen LogP contribution in [-0.4, -0.2) is 85.2 Å². The van der Waals surface area contributed by atoms with Crippen molar-refractivity contribution in [3.63, 3.8) is 0 Å². The molecule has 1 N–H and O–H groups in total. The number of carbonyl (C=O) groups is 3. The standard InChI is InChI=1S/C16H21N3O5/c1-3-8-24-11-5-7-19-14(11)16(22)18-6-4-10(13(18)15(19)21)17-12(20)9-23-2/h1,10-11,13-14H,4-9H2,2H3,(H,17,20). The average Bonchev–Trinajstić information content (AvgIpc) is 3.16. The van der Waals surface area contributed by atoms with Crippen molar-refractivity contribution in [1.82, 2.24) is 15.1 Å². The van der Waals surface area contributed by atoms with Gasteiger partial charge in [-0.15, -0.1) is 6.42 Å². The Morgan fingerprint density at radius 1 is 1.25 bits per heavy atom. The Labute approximate surface area is 140 Å². The zero-order valence-electron chi connectivity index (χ0n) is 13.6. The number of nitrogens with zero attached hydrogens (tertiary/aromatic N) is 2. The normalized spacial score (nSPS) is 31.7. The number of nitrogens with one attached hydrogen (secondary N) is 1. The van der Waals surface area contributed by atoms with E-state index >= 15 is 0 Å². The molecule has 3 amide bonds. The van der Waals surface area contributed by atoms with E-state index in [9.17, 15) is 14.4 Å². The van der Waals surface area contributed by atoms with E-state index in [1.54, 1.807) is 9.80 Å². The van der Waals surface area contributed by atoms with Gasteiger partial charge in [0.25, 0.3) is 0 Å². The van der Waals surface area contributed by atoms with Gasteiger partial charge in [0.1, 0.15) is 25.3 Å². The molecule has 0 aromatic carbocycles. The van der Waals surface area contributed by atoms with Crippen molar-refractivity contribution < 1.29 is 23.9 Å². The molecule has 0 aliphatic carbocycles. The van der Waals surface area contributed by atoms with Crippen LogP contribution in [0.5, 0.6) is 0 Å². The van der Waals surface area contributed by atoms with Crippen LogP contribution in [0.1, 0.15) is 12.8 Å². The van der Waals surface area contributed by atoms with Gasteiger partial charge in [-0.1, -0.05) is 5.92 Å². The van der Waals surface area contributed by atoms with Crippen LogP contribution in [-0.2, 0) is 23.9 Å². The average molecular weight is 335 g/mol. The van der Waals surface area contributed by atoms with E-state index in [2.05, 4.69) is 11.2 Å². The number of amides is 3. The van der Waals surface area contributed by atoms with Gasteiger partial charge in [0.15, 0.2) is 0 Å². The van der Waals surface area contributed by atoms with Crippen LogP contribution in [0.15, 0.2) is 0 Å². The van der Waals surface area contributed by atoms with Crippen LogP contribution in [0.3, 0.4) is 0 Å². The highest BCUT2D eigenvalue weighted by atomic mass is 16.5. The molecule has 0 aromatic rings. The second kappa shape index (κ2) is 6.79.